The molecule has 1 rings (SSSR count). The summed E-state index contributed by atoms with van der Waals surface area (Å²) in [5.74, 6) is 0.598. The molecule has 1 aromatic rings. The van der Waals surface area contributed by atoms with Gasteiger partial charge in [-0.15, -0.1) is 0 Å². The second-order valence-corrected chi connectivity index (χ2v) is 3.67. The van der Waals surface area contributed by atoms with Crippen LogP contribution in [0.3, 0.4) is 0 Å². The van der Waals surface area contributed by atoms with Gasteiger partial charge in [0.2, 0.25) is 0 Å². The minimum absolute atomic E-state index is 0.164. The number of halogens is 1. The van der Waals surface area contributed by atoms with Crippen LogP contribution in [-0.2, 0) is 4.79 Å². The zero-order valence-electron chi connectivity index (χ0n) is 8.58. The number of benzene rings is 1. The summed E-state index contributed by atoms with van der Waals surface area (Å²) >= 11 is 3.15. The molecule has 0 fully saturated rings. The number of carbonyl (C=O) groups is 1. The van der Waals surface area contributed by atoms with E-state index in [0.29, 0.717) is 4.48 Å². The van der Waals surface area contributed by atoms with Gasteiger partial charge >= 0.3 is 0 Å². The Kier molecular flexibility index (Phi) is 4.37. The van der Waals surface area contributed by atoms with Crippen molar-refractivity contribution in [3.8, 4) is 5.75 Å². The Morgan fingerprint density at radius 2 is 2.00 bits per heavy atom. The Labute approximate surface area is 97.3 Å². The Morgan fingerprint density at radius 3 is 2.47 bits per heavy atom. The zero-order valence-corrected chi connectivity index (χ0v) is 10.2. The maximum absolute atomic E-state index is 11.4. The molecular formula is C11H12BrNO2. The summed E-state index contributed by atoms with van der Waals surface area (Å²) < 4.78 is 5.52. The molecule has 15 heavy (non-hydrogen) atoms. The summed E-state index contributed by atoms with van der Waals surface area (Å²) in [6.07, 6.45) is 1.69. The van der Waals surface area contributed by atoms with E-state index in [-0.39, 0.29) is 5.91 Å². The van der Waals surface area contributed by atoms with Gasteiger partial charge in [-0.25, -0.2) is 0 Å². The van der Waals surface area contributed by atoms with Crippen LogP contribution in [0.4, 0.5) is 5.69 Å². The Balaban J connectivity index is 2.69. The minimum atomic E-state index is -0.164. The lowest BCUT2D eigenvalue weighted by atomic mass is 10.3. The lowest BCUT2D eigenvalue weighted by molar-refractivity contribution is -0.112. The zero-order chi connectivity index (χ0) is 11.3. The molecule has 0 heterocycles. The third-order valence-electron chi connectivity index (χ3n) is 1.82. The molecule has 0 aliphatic heterocycles. The standard InChI is InChI=1S/C11H12BrNO2/c1-3-10(12)11(14)13-8-4-6-9(15-2)7-5-8/h3-7H,1-2H3,(H,13,14)/b10-3+. The molecule has 4 heteroatoms. The van der Waals surface area contributed by atoms with Crippen molar-refractivity contribution in [2.24, 2.45) is 0 Å². The highest BCUT2D eigenvalue weighted by Crippen LogP contribution is 2.16. The van der Waals surface area contributed by atoms with Crippen LogP contribution >= 0.6 is 15.9 Å². The van der Waals surface area contributed by atoms with E-state index in [1.807, 2.05) is 0 Å². The van der Waals surface area contributed by atoms with E-state index in [1.54, 1.807) is 44.4 Å². The van der Waals surface area contributed by atoms with Gasteiger partial charge in [-0.05, 0) is 47.1 Å². The molecule has 1 aromatic carbocycles. The number of anilines is 1. The predicted molar refractivity (Wildman–Crippen MR) is 64.3 cm³/mol. The minimum Gasteiger partial charge on any atom is -0.497 e. The van der Waals surface area contributed by atoms with Crippen LogP contribution in [-0.4, -0.2) is 13.0 Å². The van der Waals surface area contributed by atoms with Gasteiger partial charge in [-0.1, -0.05) is 6.08 Å². The predicted octanol–water partition coefficient (Wildman–Crippen LogP) is 2.93. The van der Waals surface area contributed by atoms with Crippen molar-refractivity contribution >= 4 is 27.5 Å². The second-order valence-electron chi connectivity index (χ2n) is 2.82. The number of ether oxygens (including phenoxy) is 1. The number of allylic oxidation sites excluding steroid dienone is 1. The van der Waals surface area contributed by atoms with Gasteiger partial charge < -0.3 is 10.1 Å². The third kappa shape index (κ3) is 3.40. The smallest absolute Gasteiger partial charge is 0.262 e. The number of nitrogens with one attached hydrogen (secondary N) is 1. The van der Waals surface area contributed by atoms with E-state index in [2.05, 4.69) is 21.2 Å². The van der Waals surface area contributed by atoms with Gasteiger partial charge in [-0.2, -0.15) is 0 Å². The van der Waals surface area contributed by atoms with E-state index >= 15 is 0 Å². The van der Waals surface area contributed by atoms with Crippen molar-refractivity contribution < 1.29 is 9.53 Å². The second kappa shape index (κ2) is 5.56. The number of amides is 1. The first-order valence-electron chi connectivity index (χ1n) is 4.44. The van der Waals surface area contributed by atoms with Crippen LogP contribution in [0.5, 0.6) is 5.75 Å². The van der Waals surface area contributed by atoms with Crippen LogP contribution < -0.4 is 10.1 Å². The highest BCUT2D eigenvalue weighted by molar-refractivity contribution is 9.12. The van der Waals surface area contributed by atoms with E-state index in [4.69, 9.17) is 4.74 Å². The molecule has 0 aromatic heterocycles. The van der Waals surface area contributed by atoms with Crippen molar-refractivity contribution in [1.29, 1.82) is 0 Å². The topological polar surface area (TPSA) is 38.3 Å². The molecule has 0 aliphatic rings. The van der Waals surface area contributed by atoms with Crippen LogP contribution in [0.25, 0.3) is 0 Å². The molecule has 0 bridgehead atoms. The quantitative estimate of drug-likeness (QED) is 0.857. The van der Waals surface area contributed by atoms with Crippen molar-refractivity contribution in [3.63, 3.8) is 0 Å². The largest absolute Gasteiger partial charge is 0.497 e. The van der Waals surface area contributed by atoms with Crippen molar-refractivity contribution in [3.05, 3.63) is 34.8 Å². The number of hydrogen-bond donors (Lipinski definition) is 1. The molecule has 80 valence electrons. The lowest BCUT2D eigenvalue weighted by Crippen LogP contribution is -2.10. The van der Waals surface area contributed by atoms with Gasteiger partial charge in [-0.3, -0.25) is 4.79 Å². The van der Waals surface area contributed by atoms with E-state index < -0.39 is 0 Å². The van der Waals surface area contributed by atoms with Crippen molar-refractivity contribution in [2.75, 3.05) is 12.4 Å². The average Bonchev–Trinajstić information content (AvgIpc) is 2.29. The fourth-order valence-electron chi connectivity index (χ4n) is 0.996. The van der Waals surface area contributed by atoms with Crippen LogP contribution in [0.2, 0.25) is 0 Å². The maximum Gasteiger partial charge on any atom is 0.262 e. The molecule has 0 saturated carbocycles. The van der Waals surface area contributed by atoms with Crippen LogP contribution in [0, 0.1) is 0 Å². The Morgan fingerprint density at radius 1 is 1.40 bits per heavy atom. The normalized spacial score (nSPS) is 11.0. The molecular weight excluding hydrogens is 258 g/mol. The number of carbonyl (C=O) groups excluding carboxylic acids is 1. The number of methoxy groups -OCH3 is 1. The van der Waals surface area contributed by atoms with Gasteiger partial charge in [0, 0.05) is 5.69 Å². The van der Waals surface area contributed by atoms with Crippen LogP contribution in [0.1, 0.15) is 6.92 Å². The summed E-state index contributed by atoms with van der Waals surface area (Å²) in [6.45, 7) is 1.79. The molecule has 0 unspecified atom stereocenters. The first-order valence-corrected chi connectivity index (χ1v) is 5.24. The molecule has 0 radical (unpaired) electrons. The fraction of sp³-hybridized carbons (Fsp3) is 0.182. The summed E-state index contributed by atoms with van der Waals surface area (Å²) in [4.78, 5) is 11.4. The lowest BCUT2D eigenvalue weighted by Gasteiger charge is -2.05. The summed E-state index contributed by atoms with van der Waals surface area (Å²) in [6, 6.07) is 7.15. The molecule has 0 atom stereocenters. The van der Waals surface area contributed by atoms with Crippen LogP contribution in [0.15, 0.2) is 34.8 Å². The average molecular weight is 270 g/mol. The fourth-order valence-corrected chi connectivity index (χ4v) is 1.10. The number of rotatable bonds is 3. The molecule has 1 amide bonds. The SMILES string of the molecule is C/C=C(/Br)C(=O)Nc1ccc(OC)cc1. The number of hydrogen-bond acceptors (Lipinski definition) is 2. The van der Waals surface area contributed by atoms with Gasteiger partial charge in [0.25, 0.3) is 5.91 Å². The summed E-state index contributed by atoms with van der Waals surface area (Å²) in [5.41, 5.74) is 0.736. The van der Waals surface area contributed by atoms with Crippen molar-refractivity contribution in [1.82, 2.24) is 0 Å². The highest BCUT2D eigenvalue weighted by atomic mass is 79.9. The molecule has 0 saturated heterocycles. The summed E-state index contributed by atoms with van der Waals surface area (Å²) in [7, 11) is 1.60. The molecule has 0 spiro atoms. The Hall–Kier alpha value is -1.29. The van der Waals surface area contributed by atoms with E-state index in [0.717, 1.165) is 11.4 Å². The first kappa shape index (κ1) is 11.8. The molecule has 3 nitrogen and oxygen atoms in total. The third-order valence-corrected chi connectivity index (χ3v) is 2.64. The van der Waals surface area contributed by atoms with E-state index in [1.165, 1.54) is 0 Å². The van der Waals surface area contributed by atoms with Gasteiger partial charge in [0.05, 0.1) is 11.6 Å². The first-order chi connectivity index (χ1) is 7.17. The highest BCUT2D eigenvalue weighted by Gasteiger charge is 2.04. The van der Waals surface area contributed by atoms with E-state index in [9.17, 15) is 4.79 Å². The molecule has 0 aliphatic carbocycles. The maximum atomic E-state index is 11.4. The van der Waals surface area contributed by atoms with Gasteiger partial charge in [0.1, 0.15) is 5.75 Å². The summed E-state index contributed by atoms with van der Waals surface area (Å²) in [5, 5.41) is 2.73. The molecule has 1 N–H and O–H groups in total. The van der Waals surface area contributed by atoms with Crippen molar-refractivity contribution in [2.45, 2.75) is 6.92 Å². The Bertz CT molecular complexity index is 371. The monoisotopic (exact) mass is 269 g/mol. The van der Waals surface area contributed by atoms with Gasteiger partial charge in [0.15, 0.2) is 0 Å².